The van der Waals surface area contributed by atoms with Gasteiger partial charge in [0.25, 0.3) is 0 Å². The molecule has 0 radical (unpaired) electrons. The second-order valence-electron chi connectivity index (χ2n) is 4.79. The van der Waals surface area contributed by atoms with E-state index < -0.39 is 0 Å². The zero-order chi connectivity index (χ0) is 16.8. The number of anilines is 1. The van der Waals surface area contributed by atoms with Gasteiger partial charge in [-0.1, -0.05) is 12.2 Å². The molecule has 23 heavy (non-hydrogen) atoms. The first-order chi connectivity index (χ1) is 11.1. The molecule has 122 valence electrons. The molecule has 2 rings (SSSR count). The molecule has 0 unspecified atom stereocenters. The third-order valence-corrected chi connectivity index (χ3v) is 3.44. The van der Waals surface area contributed by atoms with Crippen LogP contribution in [0.15, 0.2) is 30.3 Å². The maximum Gasteiger partial charge on any atom is 0.203 e. The fourth-order valence-electron chi connectivity index (χ4n) is 2.22. The molecule has 0 saturated carbocycles. The molecule has 0 fully saturated rings. The Morgan fingerprint density at radius 2 is 1.43 bits per heavy atom. The molecule has 2 N–H and O–H groups in total. The van der Waals surface area contributed by atoms with Crippen molar-refractivity contribution >= 4 is 17.8 Å². The molecule has 5 nitrogen and oxygen atoms in total. The zero-order valence-corrected chi connectivity index (χ0v) is 13.8. The number of nitrogen functional groups attached to an aromatic ring is 1. The highest BCUT2D eigenvalue weighted by Gasteiger charge is 2.12. The number of ether oxygens (including phenoxy) is 4. The number of rotatable bonds is 6. The summed E-state index contributed by atoms with van der Waals surface area (Å²) >= 11 is 0. The Balaban J connectivity index is 2.36. The quantitative estimate of drug-likeness (QED) is 0.653. The van der Waals surface area contributed by atoms with Crippen molar-refractivity contribution in [3.63, 3.8) is 0 Å². The summed E-state index contributed by atoms with van der Waals surface area (Å²) < 4.78 is 21.2. The Hall–Kier alpha value is -2.82. The molecule has 0 saturated heterocycles. The normalized spacial score (nSPS) is 10.6. The highest BCUT2D eigenvalue weighted by Crippen LogP contribution is 2.38. The van der Waals surface area contributed by atoms with E-state index in [1.54, 1.807) is 34.5 Å². The van der Waals surface area contributed by atoms with Gasteiger partial charge in [-0.05, 0) is 35.4 Å². The third kappa shape index (κ3) is 3.69. The number of hydrogen-bond donors (Lipinski definition) is 1. The third-order valence-electron chi connectivity index (χ3n) is 3.44. The molecule has 0 amide bonds. The molecule has 0 heterocycles. The largest absolute Gasteiger partial charge is 0.497 e. The van der Waals surface area contributed by atoms with Gasteiger partial charge in [-0.25, -0.2) is 0 Å². The van der Waals surface area contributed by atoms with Gasteiger partial charge in [0.2, 0.25) is 5.75 Å². The van der Waals surface area contributed by atoms with Crippen LogP contribution in [0.3, 0.4) is 0 Å². The molecule has 5 heteroatoms. The topological polar surface area (TPSA) is 62.9 Å². The van der Waals surface area contributed by atoms with Crippen LogP contribution in [0.4, 0.5) is 5.69 Å². The first-order valence-corrected chi connectivity index (χ1v) is 7.04. The van der Waals surface area contributed by atoms with Crippen LogP contribution in [0, 0.1) is 0 Å². The predicted molar refractivity (Wildman–Crippen MR) is 92.4 cm³/mol. The average Bonchev–Trinajstić information content (AvgIpc) is 2.59. The van der Waals surface area contributed by atoms with Gasteiger partial charge in [-0.2, -0.15) is 0 Å². The minimum atomic E-state index is 0.566. The number of hydrogen-bond acceptors (Lipinski definition) is 5. The summed E-state index contributed by atoms with van der Waals surface area (Å²) in [4.78, 5) is 0. The van der Waals surface area contributed by atoms with Gasteiger partial charge >= 0.3 is 0 Å². The highest BCUT2D eigenvalue weighted by atomic mass is 16.5. The molecular weight excluding hydrogens is 294 g/mol. The summed E-state index contributed by atoms with van der Waals surface area (Å²) in [5, 5.41) is 0. The van der Waals surface area contributed by atoms with E-state index in [-0.39, 0.29) is 0 Å². The SMILES string of the molecule is COc1ccc(/C=C/c2cc(OC)c(OC)c(OC)c2)c(N)c1. The molecule has 0 atom stereocenters. The van der Waals surface area contributed by atoms with Crippen molar-refractivity contribution in [2.75, 3.05) is 34.2 Å². The second kappa shape index (κ2) is 7.45. The monoisotopic (exact) mass is 315 g/mol. The van der Waals surface area contributed by atoms with Crippen LogP contribution in [-0.2, 0) is 0 Å². The van der Waals surface area contributed by atoms with Crippen LogP contribution < -0.4 is 24.7 Å². The van der Waals surface area contributed by atoms with Gasteiger partial charge in [0.1, 0.15) is 5.75 Å². The predicted octanol–water partition coefficient (Wildman–Crippen LogP) is 3.47. The van der Waals surface area contributed by atoms with Gasteiger partial charge in [-0.3, -0.25) is 0 Å². The summed E-state index contributed by atoms with van der Waals surface area (Å²) in [6.45, 7) is 0. The van der Waals surface area contributed by atoms with Crippen LogP contribution in [0.2, 0.25) is 0 Å². The number of nitrogens with two attached hydrogens (primary N) is 1. The van der Waals surface area contributed by atoms with E-state index in [1.807, 2.05) is 36.4 Å². The van der Waals surface area contributed by atoms with Crippen molar-refractivity contribution in [2.24, 2.45) is 0 Å². The van der Waals surface area contributed by atoms with Gasteiger partial charge < -0.3 is 24.7 Å². The van der Waals surface area contributed by atoms with E-state index in [0.29, 0.717) is 22.9 Å². The lowest BCUT2D eigenvalue weighted by atomic mass is 10.1. The Morgan fingerprint density at radius 1 is 0.783 bits per heavy atom. The van der Waals surface area contributed by atoms with E-state index in [9.17, 15) is 0 Å². The zero-order valence-electron chi connectivity index (χ0n) is 13.8. The molecule has 0 aliphatic heterocycles. The van der Waals surface area contributed by atoms with Crippen molar-refractivity contribution < 1.29 is 18.9 Å². The Kier molecular flexibility index (Phi) is 5.36. The maximum atomic E-state index is 6.02. The average molecular weight is 315 g/mol. The van der Waals surface area contributed by atoms with E-state index in [1.165, 1.54) is 0 Å². The van der Waals surface area contributed by atoms with Crippen molar-refractivity contribution in [1.82, 2.24) is 0 Å². The molecule has 0 aromatic heterocycles. The van der Waals surface area contributed by atoms with E-state index in [0.717, 1.165) is 16.9 Å². The summed E-state index contributed by atoms with van der Waals surface area (Å²) in [5.74, 6) is 2.51. The first-order valence-electron chi connectivity index (χ1n) is 7.04. The minimum Gasteiger partial charge on any atom is -0.497 e. The smallest absolute Gasteiger partial charge is 0.203 e. The van der Waals surface area contributed by atoms with Crippen molar-refractivity contribution in [1.29, 1.82) is 0 Å². The van der Waals surface area contributed by atoms with Crippen molar-refractivity contribution in [2.45, 2.75) is 0 Å². The minimum absolute atomic E-state index is 0.566. The summed E-state index contributed by atoms with van der Waals surface area (Å²) in [5.41, 5.74) is 8.48. The molecule has 0 aliphatic carbocycles. The molecule has 0 bridgehead atoms. The highest BCUT2D eigenvalue weighted by molar-refractivity contribution is 5.77. The molecule has 2 aromatic rings. The van der Waals surface area contributed by atoms with Crippen LogP contribution in [0.1, 0.15) is 11.1 Å². The Labute approximate surface area is 136 Å². The van der Waals surface area contributed by atoms with Crippen LogP contribution in [0.5, 0.6) is 23.0 Å². The lowest BCUT2D eigenvalue weighted by Crippen LogP contribution is -1.95. The number of methoxy groups -OCH3 is 4. The van der Waals surface area contributed by atoms with Crippen molar-refractivity contribution in [3.8, 4) is 23.0 Å². The second-order valence-corrected chi connectivity index (χ2v) is 4.79. The van der Waals surface area contributed by atoms with E-state index in [4.69, 9.17) is 24.7 Å². The Bertz CT molecular complexity index is 685. The Morgan fingerprint density at radius 3 is 1.91 bits per heavy atom. The van der Waals surface area contributed by atoms with E-state index in [2.05, 4.69) is 0 Å². The fourth-order valence-corrected chi connectivity index (χ4v) is 2.22. The lowest BCUT2D eigenvalue weighted by Gasteiger charge is -2.12. The lowest BCUT2D eigenvalue weighted by molar-refractivity contribution is 0.324. The van der Waals surface area contributed by atoms with Crippen LogP contribution in [-0.4, -0.2) is 28.4 Å². The summed E-state index contributed by atoms with van der Waals surface area (Å²) in [6.07, 6.45) is 3.86. The van der Waals surface area contributed by atoms with Gasteiger partial charge in [-0.15, -0.1) is 0 Å². The molecule has 0 spiro atoms. The van der Waals surface area contributed by atoms with Crippen LogP contribution >= 0.6 is 0 Å². The molecule has 2 aromatic carbocycles. The van der Waals surface area contributed by atoms with E-state index >= 15 is 0 Å². The first kappa shape index (κ1) is 16.5. The van der Waals surface area contributed by atoms with Gasteiger partial charge in [0.05, 0.1) is 28.4 Å². The summed E-state index contributed by atoms with van der Waals surface area (Å²) in [7, 11) is 6.37. The van der Waals surface area contributed by atoms with Crippen molar-refractivity contribution in [3.05, 3.63) is 41.5 Å². The fraction of sp³-hybridized carbons (Fsp3) is 0.222. The van der Waals surface area contributed by atoms with Gasteiger partial charge in [0.15, 0.2) is 11.5 Å². The maximum absolute atomic E-state index is 6.02. The number of benzene rings is 2. The van der Waals surface area contributed by atoms with Gasteiger partial charge in [0, 0.05) is 11.8 Å². The molecule has 0 aliphatic rings. The summed E-state index contributed by atoms with van der Waals surface area (Å²) in [6, 6.07) is 9.30. The van der Waals surface area contributed by atoms with Crippen LogP contribution in [0.25, 0.3) is 12.2 Å². The standard InChI is InChI=1S/C18H21NO4/c1-20-14-8-7-13(15(19)11-14)6-5-12-9-16(21-2)18(23-4)17(10-12)22-3/h5-11H,19H2,1-4H3/b6-5+. The molecular formula is C18H21NO4.